The predicted octanol–water partition coefficient (Wildman–Crippen LogP) is 2.13. The van der Waals surface area contributed by atoms with E-state index in [0.717, 1.165) is 6.20 Å². The molecule has 180 valence electrons. The molecule has 3 aliphatic rings. The van der Waals surface area contributed by atoms with E-state index in [2.05, 4.69) is 12.2 Å². The maximum Gasteiger partial charge on any atom is 0.276 e. The highest BCUT2D eigenvalue weighted by molar-refractivity contribution is 5.99. The number of ether oxygens (including phenoxy) is 1. The Labute approximate surface area is 191 Å². The van der Waals surface area contributed by atoms with Gasteiger partial charge in [-0.2, -0.15) is 0 Å². The molecular formula is C23H22F3N3O5. The van der Waals surface area contributed by atoms with Crippen molar-refractivity contribution in [2.75, 3.05) is 0 Å². The maximum atomic E-state index is 13.9. The van der Waals surface area contributed by atoms with Crippen LogP contribution in [0.25, 0.3) is 0 Å². The Kier molecular flexibility index (Phi) is 5.19. The second kappa shape index (κ2) is 7.86. The Morgan fingerprint density at radius 1 is 1.18 bits per heavy atom. The number of nitrogens with zero attached hydrogens (tertiary/aromatic N) is 2. The van der Waals surface area contributed by atoms with Gasteiger partial charge in [-0.05, 0) is 18.3 Å². The van der Waals surface area contributed by atoms with Gasteiger partial charge in [-0.3, -0.25) is 14.4 Å². The lowest BCUT2D eigenvalue weighted by Crippen LogP contribution is -2.58. The minimum Gasteiger partial charge on any atom is -0.503 e. The number of benzene rings is 1. The third-order valence-electron chi connectivity index (χ3n) is 7.32. The summed E-state index contributed by atoms with van der Waals surface area (Å²) in [5.74, 6) is -5.54. The van der Waals surface area contributed by atoms with Crippen LogP contribution in [0.2, 0.25) is 0 Å². The van der Waals surface area contributed by atoms with Crippen LogP contribution in [0, 0.1) is 29.3 Å². The lowest BCUT2D eigenvalue weighted by atomic mass is 9.96. The first-order chi connectivity index (χ1) is 16.1. The molecule has 5 rings (SSSR count). The molecule has 2 amide bonds. The number of aromatic hydroxyl groups is 1. The minimum absolute atomic E-state index is 0.0214. The van der Waals surface area contributed by atoms with Crippen LogP contribution in [0.15, 0.2) is 23.1 Å². The molecule has 1 aliphatic carbocycles. The lowest BCUT2D eigenvalue weighted by molar-refractivity contribution is -0.138. The molecule has 2 fully saturated rings. The van der Waals surface area contributed by atoms with Gasteiger partial charge in [0.1, 0.15) is 23.0 Å². The van der Waals surface area contributed by atoms with Crippen LogP contribution in [0.3, 0.4) is 0 Å². The molecule has 2 aliphatic heterocycles. The van der Waals surface area contributed by atoms with Crippen molar-refractivity contribution in [3.8, 4) is 5.75 Å². The van der Waals surface area contributed by atoms with E-state index in [0.29, 0.717) is 18.6 Å². The van der Waals surface area contributed by atoms with Crippen LogP contribution in [-0.2, 0) is 17.8 Å². The molecule has 34 heavy (non-hydrogen) atoms. The molecule has 0 radical (unpaired) electrons. The monoisotopic (exact) mass is 477 g/mol. The van der Waals surface area contributed by atoms with Crippen molar-refractivity contribution in [1.82, 2.24) is 14.8 Å². The van der Waals surface area contributed by atoms with Gasteiger partial charge in [0.05, 0.1) is 12.6 Å². The number of carbonyl (C=O) groups excluding carboxylic acids is 2. The van der Waals surface area contributed by atoms with E-state index in [1.165, 1.54) is 4.57 Å². The van der Waals surface area contributed by atoms with E-state index in [1.54, 1.807) is 4.90 Å². The third kappa shape index (κ3) is 3.29. The molecule has 2 bridgehead atoms. The van der Waals surface area contributed by atoms with Gasteiger partial charge in [0.15, 0.2) is 17.7 Å². The summed E-state index contributed by atoms with van der Waals surface area (Å²) >= 11 is 0. The van der Waals surface area contributed by atoms with Crippen LogP contribution >= 0.6 is 0 Å². The van der Waals surface area contributed by atoms with E-state index in [-0.39, 0.29) is 36.2 Å². The maximum absolute atomic E-state index is 13.9. The number of fused-ring (bicyclic) bond motifs is 5. The van der Waals surface area contributed by atoms with Crippen molar-refractivity contribution in [2.45, 2.75) is 51.7 Å². The zero-order chi connectivity index (χ0) is 24.5. The zero-order valence-electron chi connectivity index (χ0n) is 18.3. The van der Waals surface area contributed by atoms with Crippen LogP contribution in [0.1, 0.15) is 46.7 Å². The summed E-state index contributed by atoms with van der Waals surface area (Å²) in [6.07, 6.45) is 1.17. The van der Waals surface area contributed by atoms with Crippen molar-refractivity contribution < 1.29 is 32.6 Å². The van der Waals surface area contributed by atoms with Crippen LogP contribution in [0.5, 0.6) is 5.75 Å². The van der Waals surface area contributed by atoms with Crippen molar-refractivity contribution in [2.24, 2.45) is 11.8 Å². The van der Waals surface area contributed by atoms with Gasteiger partial charge in [0.25, 0.3) is 11.8 Å². The van der Waals surface area contributed by atoms with E-state index in [1.807, 2.05) is 6.92 Å². The van der Waals surface area contributed by atoms with Gasteiger partial charge in [0, 0.05) is 36.5 Å². The Morgan fingerprint density at radius 2 is 1.85 bits per heavy atom. The number of aromatic nitrogens is 1. The van der Waals surface area contributed by atoms with Gasteiger partial charge in [0.2, 0.25) is 5.43 Å². The topological polar surface area (TPSA) is 101 Å². The summed E-state index contributed by atoms with van der Waals surface area (Å²) in [6.45, 7) is 3.54. The summed E-state index contributed by atoms with van der Waals surface area (Å²) in [6, 6.07) is 0.860. The number of halogens is 3. The Balaban J connectivity index is 1.44. The van der Waals surface area contributed by atoms with Gasteiger partial charge in [-0.1, -0.05) is 13.8 Å². The quantitative estimate of drug-likeness (QED) is 0.706. The molecule has 0 spiro atoms. The highest BCUT2D eigenvalue weighted by atomic mass is 19.1. The molecule has 3 heterocycles. The summed E-state index contributed by atoms with van der Waals surface area (Å²) in [5, 5.41) is 12.8. The Hall–Kier alpha value is -3.34. The second-order valence-electron chi connectivity index (χ2n) is 9.12. The van der Waals surface area contributed by atoms with E-state index in [4.69, 9.17) is 4.74 Å². The van der Waals surface area contributed by atoms with Crippen LogP contribution in [0.4, 0.5) is 13.2 Å². The Morgan fingerprint density at radius 3 is 2.53 bits per heavy atom. The molecular weight excluding hydrogens is 455 g/mol. The van der Waals surface area contributed by atoms with Crippen molar-refractivity contribution in [3.63, 3.8) is 0 Å². The number of nitrogens with one attached hydrogen (secondary N) is 1. The fourth-order valence-electron chi connectivity index (χ4n) is 5.27. The SMILES string of the molecule is C[C@@H]1[C@H](C)[C@@H]2C[C@H]1N1C(=O)c3c(O)c(=O)c(C(=O)NCc4c(F)cc(F)cc4F)cn3CC1O2. The van der Waals surface area contributed by atoms with Gasteiger partial charge in [-0.25, -0.2) is 13.2 Å². The first-order valence-corrected chi connectivity index (χ1v) is 10.9. The number of carbonyl (C=O) groups is 2. The molecule has 2 N–H and O–H groups in total. The van der Waals surface area contributed by atoms with Gasteiger partial charge < -0.3 is 24.6 Å². The molecule has 1 saturated heterocycles. The fourth-order valence-corrected chi connectivity index (χ4v) is 5.27. The normalized spacial score (nSPS) is 27.4. The third-order valence-corrected chi connectivity index (χ3v) is 7.32. The summed E-state index contributed by atoms with van der Waals surface area (Å²) in [5.41, 5.74) is -2.41. The fraction of sp³-hybridized carbons (Fsp3) is 0.435. The molecule has 1 aromatic heterocycles. The average molecular weight is 477 g/mol. The first kappa shape index (κ1) is 22.5. The second-order valence-corrected chi connectivity index (χ2v) is 9.12. The Bertz CT molecular complexity index is 1260. The standard InChI is InChI=1S/C23H22F3N3O5/c1-9-10(2)17-5-16(9)29-18(34-17)8-28-7-13(20(30)21(31)19(28)23(29)33)22(32)27-6-12-14(25)3-11(24)4-15(12)26/h3-4,7,9-10,16-18,31H,5-6,8H2,1-2H3,(H,27,32)/t9-,10+,16-,17+,18?/m1/s1. The molecule has 1 aromatic carbocycles. The summed E-state index contributed by atoms with van der Waals surface area (Å²) < 4.78 is 48.2. The smallest absolute Gasteiger partial charge is 0.276 e. The number of pyridine rings is 1. The first-order valence-electron chi connectivity index (χ1n) is 10.9. The number of hydrogen-bond donors (Lipinski definition) is 2. The number of hydrogen-bond acceptors (Lipinski definition) is 5. The molecule has 5 atom stereocenters. The number of rotatable bonds is 3. The van der Waals surface area contributed by atoms with Gasteiger partial charge >= 0.3 is 0 Å². The van der Waals surface area contributed by atoms with Crippen LogP contribution in [-0.4, -0.2) is 44.8 Å². The molecule has 2 aromatic rings. The molecule has 11 heteroatoms. The van der Waals surface area contributed by atoms with Gasteiger partial charge in [-0.15, -0.1) is 0 Å². The molecule has 1 unspecified atom stereocenters. The average Bonchev–Trinajstić information content (AvgIpc) is 2.99. The minimum atomic E-state index is -1.19. The van der Waals surface area contributed by atoms with E-state index < -0.39 is 64.3 Å². The lowest BCUT2D eigenvalue weighted by Gasteiger charge is -2.45. The number of amides is 2. The van der Waals surface area contributed by atoms with Crippen molar-refractivity contribution in [1.29, 1.82) is 0 Å². The highest BCUT2D eigenvalue weighted by Gasteiger charge is 2.53. The van der Waals surface area contributed by atoms with Crippen molar-refractivity contribution in [3.05, 3.63) is 62.8 Å². The molecule has 8 nitrogen and oxygen atoms in total. The van der Waals surface area contributed by atoms with E-state index in [9.17, 15) is 32.7 Å². The predicted molar refractivity (Wildman–Crippen MR) is 111 cm³/mol. The highest BCUT2D eigenvalue weighted by Crippen LogP contribution is 2.44. The van der Waals surface area contributed by atoms with E-state index >= 15 is 0 Å². The molecule has 1 saturated carbocycles. The van der Waals surface area contributed by atoms with Crippen LogP contribution < -0.4 is 10.7 Å². The zero-order valence-corrected chi connectivity index (χ0v) is 18.3. The van der Waals surface area contributed by atoms with Crippen molar-refractivity contribution >= 4 is 11.8 Å². The summed E-state index contributed by atoms with van der Waals surface area (Å²) in [7, 11) is 0. The summed E-state index contributed by atoms with van der Waals surface area (Å²) in [4.78, 5) is 40.2. The largest absolute Gasteiger partial charge is 0.503 e.